The van der Waals surface area contributed by atoms with Crippen molar-refractivity contribution in [2.75, 3.05) is 26.0 Å². The fraction of sp³-hybridized carbons (Fsp3) is 0.349. The fourth-order valence-electron chi connectivity index (χ4n) is 7.09. The number of aryl methyl sites for hydroxylation is 2. The van der Waals surface area contributed by atoms with E-state index in [0.29, 0.717) is 21.6 Å². The highest BCUT2D eigenvalue weighted by Gasteiger charge is 2.40. The Hall–Kier alpha value is -3.94. The highest BCUT2D eigenvalue weighted by atomic mass is 32.1. The van der Waals surface area contributed by atoms with E-state index >= 15 is 0 Å². The highest BCUT2D eigenvalue weighted by molar-refractivity contribution is 7.30. The molecule has 0 saturated heterocycles. The fourth-order valence-corrected chi connectivity index (χ4v) is 13.2. The van der Waals surface area contributed by atoms with E-state index in [1.54, 1.807) is 34.8 Å². The molecule has 286 valence electrons. The number of hydrogen-bond donors (Lipinski definition) is 0. The van der Waals surface area contributed by atoms with Crippen molar-refractivity contribution in [3.63, 3.8) is 0 Å². The number of nitro benzene ring substituents is 1. The summed E-state index contributed by atoms with van der Waals surface area (Å²) >= 11 is 8.66. The van der Waals surface area contributed by atoms with Crippen molar-refractivity contribution in [2.24, 2.45) is 0 Å². The summed E-state index contributed by atoms with van der Waals surface area (Å²) in [7, 11) is 5.84. The maximum Gasteiger partial charge on any atom is 0.269 e. The van der Waals surface area contributed by atoms with Gasteiger partial charge in [0.25, 0.3) is 17.5 Å². The predicted octanol–water partition coefficient (Wildman–Crippen LogP) is 13.8. The zero-order valence-electron chi connectivity index (χ0n) is 31.9. The molecule has 0 fully saturated rings. The second-order valence-corrected chi connectivity index (χ2v) is 19.5. The Kier molecular flexibility index (Phi) is 12.2. The van der Waals surface area contributed by atoms with Crippen molar-refractivity contribution >= 4 is 79.2 Å². The second kappa shape index (κ2) is 17.1. The number of carbonyl (C=O) groups is 2. The van der Waals surface area contributed by atoms with Crippen LogP contribution in [0.3, 0.4) is 0 Å². The third-order valence-corrected chi connectivity index (χ3v) is 16.7. The minimum atomic E-state index is -0.444. The zero-order chi connectivity index (χ0) is 38.8. The molecule has 1 aromatic carbocycles. The Morgan fingerprint density at radius 3 is 1.75 bits per heavy atom. The highest BCUT2D eigenvalue weighted by Crippen LogP contribution is 2.51. The SMILES string of the molecule is CCCCCCc1cc(-c2ccc(-c3ccc(-c4sc(-c5ccc([N+](=O)[O-])cc5)c5c4C(=O)N(C)C5=O)s3)s2)sc1-c1cc(CCCCCC)c(N(C)C)s1. The number of benzene rings is 1. The number of unbranched alkanes of at least 4 members (excludes halogenated alkanes) is 6. The van der Waals surface area contributed by atoms with Gasteiger partial charge in [0, 0.05) is 72.3 Å². The number of rotatable bonds is 17. The molecule has 1 aliphatic rings. The van der Waals surface area contributed by atoms with E-state index in [-0.39, 0.29) is 17.5 Å². The summed E-state index contributed by atoms with van der Waals surface area (Å²) in [4.78, 5) is 50.9. The van der Waals surface area contributed by atoms with Crippen molar-refractivity contribution < 1.29 is 14.5 Å². The first kappa shape index (κ1) is 39.3. The zero-order valence-corrected chi connectivity index (χ0v) is 35.9. The molecule has 0 atom stereocenters. The third kappa shape index (κ3) is 8.02. The van der Waals surface area contributed by atoms with Gasteiger partial charge in [-0.1, -0.05) is 52.4 Å². The Labute approximate surface area is 343 Å². The van der Waals surface area contributed by atoms with Gasteiger partial charge >= 0.3 is 0 Å². The topological polar surface area (TPSA) is 83.8 Å². The molecular weight excluding hydrogens is 783 g/mol. The van der Waals surface area contributed by atoms with Gasteiger partial charge < -0.3 is 4.90 Å². The van der Waals surface area contributed by atoms with E-state index in [1.807, 2.05) is 28.7 Å². The normalized spacial score (nSPS) is 12.6. The van der Waals surface area contributed by atoms with Crippen LogP contribution in [0, 0.1) is 10.1 Å². The van der Waals surface area contributed by atoms with E-state index < -0.39 is 4.92 Å². The molecule has 0 radical (unpaired) electrons. The Morgan fingerprint density at radius 1 is 0.600 bits per heavy atom. The van der Waals surface area contributed by atoms with Crippen LogP contribution in [-0.4, -0.2) is 42.8 Å². The molecule has 0 bridgehead atoms. The summed E-state index contributed by atoms with van der Waals surface area (Å²) in [5.74, 6) is -0.668. The molecule has 0 saturated carbocycles. The van der Waals surface area contributed by atoms with E-state index in [1.165, 1.54) is 118 Å². The molecule has 7 nitrogen and oxygen atoms in total. The van der Waals surface area contributed by atoms with Gasteiger partial charge in [-0.25, -0.2) is 0 Å². The number of fused-ring (bicyclic) bond motifs is 1. The molecular formula is C43H45N3O4S5. The molecule has 6 aromatic rings. The summed E-state index contributed by atoms with van der Waals surface area (Å²) in [6.45, 7) is 4.53. The lowest BCUT2D eigenvalue weighted by molar-refractivity contribution is -0.384. The van der Waals surface area contributed by atoms with Gasteiger partial charge in [-0.3, -0.25) is 24.6 Å². The van der Waals surface area contributed by atoms with Crippen LogP contribution < -0.4 is 4.90 Å². The number of imide groups is 1. The van der Waals surface area contributed by atoms with Gasteiger partial charge in [0.2, 0.25) is 0 Å². The van der Waals surface area contributed by atoms with Crippen LogP contribution in [-0.2, 0) is 12.8 Å². The van der Waals surface area contributed by atoms with Gasteiger partial charge in [-0.05, 0) is 90.9 Å². The van der Waals surface area contributed by atoms with Gasteiger partial charge in [0.05, 0.1) is 25.9 Å². The molecule has 0 spiro atoms. The lowest BCUT2D eigenvalue weighted by atomic mass is 10.0. The average Bonchev–Trinajstić information content (AvgIpc) is 4.03. The first-order valence-corrected chi connectivity index (χ1v) is 23.1. The number of non-ortho nitro benzene ring substituents is 1. The Bertz CT molecular complexity index is 2340. The molecule has 7 rings (SSSR count). The number of nitrogens with zero attached hydrogens (tertiary/aromatic N) is 3. The minimum absolute atomic E-state index is 0.0239. The molecule has 6 heterocycles. The number of thiophene rings is 5. The molecule has 0 unspecified atom stereocenters. The van der Waals surface area contributed by atoms with Gasteiger partial charge in [0.1, 0.15) is 0 Å². The van der Waals surface area contributed by atoms with Crippen LogP contribution in [0.2, 0.25) is 0 Å². The minimum Gasteiger partial charge on any atom is -0.369 e. The van der Waals surface area contributed by atoms with Crippen LogP contribution in [0.15, 0.2) is 60.7 Å². The van der Waals surface area contributed by atoms with Gasteiger partial charge in [-0.15, -0.1) is 56.7 Å². The van der Waals surface area contributed by atoms with Crippen LogP contribution in [0.4, 0.5) is 10.7 Å². The molecule has 2 amide bonds. The largest absolute Gasteiger partial charge is 0.369 e. The van der Waals surface area contributed by atoms with E-state index in [0.717, 1.165) is 37.3 Å². The maximum absolute atomic E-state index is 13.4. The standard InChI is InChI=1S/C43H45N3O4S5/c1-6-8-10-12-14-27-24-34(53-38(27)35-25-28(15-13-11-9-7-2)43(54-35)44(3)4)32-21-20-30(51-32)31-22-23-33(52-31)40-37-36(41(47)45(5)42(37)48)39(55-40)26-16-18-29(19-17-26)46(49)50/h16-25H,6-15H2,1-5H3. The summed E-state index contributed by atoms with van der Waals surface area (Å²) in [6, 6.07) is 19.7. The first-order valence-electron chi connectivity index (χ1n) is 19.0. The predicted molar refractivity (Wildman–Crippen MR) is 236 cm³/mol. The summed E-state index contributed by atoms with van der Waals surface area (Å²) < 4.78 is 0. The smallest absolute Gasteiger partial charge is 0.269 e. The monoisotopic (exact) mass is 827 g/mol. The quantitative estimate of drug-likeness (QED) is 0.0396. The molecule has 12 heteroatoms. The number of anilines is 1. The first-order chi connectivity index (χ1) is 26.6. The number of amides is 2. The number of carbonyl (C=O) groups excluding carboxylic acids is 2. The van der Waals surface area contributed by atoms with E-state index in [2.05, 4.69) is 63.2 Å². The molecule has 1 aliphatic heterocycles. The van der Waals surface area contributed by atoms with Crippen LogP contribution in [0.5, 0.6) is 0 Å². The summed E-state index contributed by atoms with van der Waals surface area (Å²) in [6.07, 6.45) is 12.2. The average molecular weight is 828 g/mol. The lowest BCUT2D eigenvalue weighted by Gasteiger charge is -2.12. The van der Waals surface area contributed by atoms with Crippen molar-refractivity contribution in [3.05, 3.63) is 93.0 Å². The van der Waals surface area contributed by atoms with Crippen LogP contribution in [0.25, 0.3) is 49.5 Å². The van der Waals surface area contributed by atoms with Gasteiger partial charge in [0.15, 0.2) is 0 Å². The Morgan fingerprint density at radius 2 is 1.15 bits per heavy atom. The maximum atomic E-state index is 13.4. The van der Waals surface area contributed by atoms with E-state index in [9.17, 15) is 19.7 Å². The van der Waals surface area contributed by atoms with Crippen molar-refractivity contribution in [3.8, 4) is 49.5 Å². The van der Waals surface area contributed by atoms with E-state index in [4.69, 9.17) is 0 Å². The van der Waals surface area contributed by atoms with Gasteiger partial charge in [-0.2, -0.15) is 0 Å². The molecule has 5 aromatic heterocycles. The van der Waals surface area contributed by atoms with Crippen molar-refractivity contribution in [2.45, 2.75) is 78.1 Å². The lowest BCUT2D eigenvalue weighted by Crippen LogP contribution is -2.24. The van der Waals surface area contributed by atoms with Crippen molar-refractivity contribution in [1.82, 2.24) is 4.90 Å². The van der Waals surface area contributed by atoms with Crippen molar-refractivity contribution in [1.29, 1.82) is 0 Å². The third-order valence-electron chi connectivity index (χ3n) is 10.0. The van der Waals surface area contributed by atoms with Crippen LogP contribution in [0.1, 0.15) is 97.1 Å². The Balaban J connectivity index is 1.19. The number of nitro groups is 1. The molecule has 55 heavy (non-hydrogen) atoms. The molecule has 0 aliphatic carbocycles. The number of hydrogen-bond acceptors (Lipinski definition) is 10. The second-order valence-electron chi connectivity index (χ2n) is 14.2. The van der Waals surface area contributed by atoms with Crippen LogP contribution >= 0.6 is 56.7 Å². The summed E-state index contributed by atoms with van der Waals surface area (Å²) in [5, 5.41) is 12.7. The molecule has 0 N–H and O–H groups in total. The summed E-state index contributed by atoms with van der Waals surface area (Å²) in [5.41, 5.74) is 4.36.